The minimum absolute atomic E-state index is 0.0662. The maximum atomic E-state index is 16.9. The van der Waals surface area contributed by atoms with E-state index < -0.39 is 75.7 Å². The smallest absolute Gasteiger partial charge is 0.346 e. The van der Waals surface area contributed by atoms with Crippen LogP contribution in [0.2, 0.25) is 0 Å². The molecule has 3 fully saturated rings. The summed E-state index contributed by atoms with van der Waals surface area (Å²) in [5, 5.41) is 0. The molecule has 3 saturated heterocycles. The number of imidazole rings is 2. The van der Waals surface area contributed by atoms with Crippen LogP contribution in [-0.4, -0.2) is 121 Å². The van der Waals surface area contributed by atoms with Gasteiger partial charge in [0, 0.05) is 30.9 Å². The van der Waals surface area contributed by atoms with E-state index in [9.17, 15) is 14.2 Å². The number of carbonyl (C=O) groups is 2. The van der Waals surface area contributed by atoms with E-state index in [2.05, 4.69) is 55.3 Å². The molecule has 7 heterocycles. The minimum atomic E-state index is -4.49. The van der Waals surface area contributed by atoms with Gasteiger partial charge in [0.25, 0.3) is 11.8 Å². The first kappa shape index (κ1) is 45.9. The standard InChI is InChI=1S/C41H40F2N10O9P2S2/c1-4-16-50(38(54)24-12-8-6-9-13-24)34-30-36(46-20-44-34)52(22-48-30)40-28(42)32-27(60-40)19-58-64(56,66)62-33-26(18-57-63(3,65)61-32)59-41(29(33)43)53-23-49-31-35(45-21-47-37(31)53)51(17-5-2)39(55)25-14-10-7-11-15-25/h4-15,20-23,26-29,32-33,40-41H,1-2,16-19H2,3H3,(H,56,66)/t26-,27-,28-,29-,32-,33-,40?,41-,63?,64?/m1/s1. The van der Waals surface area contributed by atoms with Gasteiger partial charge in [-0.1, -0.05) is 60.8 Å². The Balaban J connectivity index is 0.962. The predicted octanol–water partition coefficient (Wildman–Crippen LogP) is 6.60. The molecular weight excluding hydrogens is 941 g/mol. The van der Waals surface area contributed by atoms with Crippen molar-refractivity contribution in [3.63, 3.8) is 0 Å². The topological polar surface area (TPSA) is 200 Å². The third-order valence-electron chi connectivity index (χ3n) is 10.9. The molecule has 0 N–H and O–H groups in total. The summed E-state index contributed by atoms with van der Waals surface area (Å²) in [6.07, 6.45) is -4.62. The normalized spacial score (nSPS) is 29.0. The van der Waals surface area contributed by atoms with Crippen molar-refractivity contribution in [1.82, 2.24) is 39.0 Å². The molecule has 2 aromatic carbocycles. The van der Waals surface area contributed by atoms with E-state index >= 15 is 8.78 Å². The van der Waals surface area contributed by atoms with E-state index in [0.29, 0.717) is 11.1 Å². The van der Waals surface area contributed by atoms with E-state index in [1.165, 1.54) is 63.1 Å². The fourth-order valence-electron chi connectivity index (χ4n) is 7.88. The molecule has 19 nitrogen and oxygen atoms in total. The molecule has 0 saturated carbocycles. The molecule has 4 aromatic heterocycles. The second kappa shape index (κ2) is 18.8. The van der Waals surface area contributed by atoms with Crippen LogP contribution in [0.25, 0.3) is 22.3 Å². The lowest BCUT2D eigenvalue weighted by molar-refractivity contribution is -0.0529. The molecule has 0 aliphatic carbocycles. The Hall–Kier alpha value is -5.19. The summed E-state index contributed by atoms with van der Waals surface area (Å²) in [5.41, 5.74) is 1.31. The first-order valence-corrected chi connectivity index (χ1v) is 26.0. The molecule has 344 valence electrons. The quantitative estimate of drug-likeness (QED) is 0.0874. The minimum Gasteiger partial charge on any atom is -0.346 e. The lowest BCUT2D eigenvalue weighted by Crippen LogP contribution is -2.37. The van der Waals surface area contributed by atoms with Crippen LogP contribution in [-0.2, 0) is 43.9 Å². The molecule has 10 atom stereocenters. The number of rotatable bonds is 10. The van der Waals surface area contributed by atoms with Crippen molar-refractivity contribution in [2.75, 3.05) is 42.8 Å². The molecule has 2 amide bonds. The average Bonchev–Trinajstić information content (AvgIpc) is 4.09. The highest BCUT2D eigenvalue weighted by atomic mass is 32.7. The number of anilines is 2. The lowest BCUT2D eigenvalue weighted by atomic mass is 10.1. The Morgan fingerprint density at radius 1 is 0.742 bits per heavy atom. The SMILES string of the molecule is C=CCN(C(=O)c1ccccc1)c1ncnc2c1ncn2C1O[C@@H]2COP(=O)(S)O[C@H]3[C@@H](F)[C@H](n4cnc5c(N(CC=C)C(=O)c6ccccc6)ncnc54)O[C@@H]3COP(C)(=S)O[C@H]2[C@H]1F. The molecule has 3 aliphatic heterocycles. The summed E-state index contributed by atoms with van der Waals surface area (Å²) in [7, 11) is 0. The highest BCUT2D eigenvalue weighted by molar-refractivity contribution is 8.44. The fraction of sp³-hybridized carbons (Fsp3) is 0.317. The van der Waals surface area contributed by atoms with E-state index in [4.69, 9.17) is 39.4 Å². The van der Waals surface area contributed by atoms with Gasteiger partial charge in [0.05, 0.1) is 25.9 Å². The van der Waals surface area contributed by atoms with Gasteiger partial charge < -0.3 is 18.5 Å². The number of alkyl halides is 2. The molecule has 0 bridgehead atoms. The largest absolute Gasteiger partial charge is 0.386 e. The number of thiol groups is 1. The number of carbonyl (C=O) groups excluding carboxylic acids is 2. The van der Waals surface area contributed by atoms with Crippen LogP contribution >= 0.6 is 25.5 Å². The lowest BCUT2D eigenvalue weighted by Gasteiger charge is -2.30. The van der Waals surface area contributed by atoms with Gasteiger partial charge in [0.15, 0.2) is 65.3 Å². The van der Waals surface area contributed by atoms with Gasteiger partial charge in [-0.05, 0) is 36.1 Å². The summed E-state index contributed by atoms with van der Waals surface area (Å²) >= 11 is 9.93. The summed E-state index contributed by atoms with van der Waals surface area (Å²) in [6, 6.07) is 17.1. The van der Waals surface area contributed by atoms with Crippen LogP contribution in [0.3, 0.4) is 0 Å². The van der Waals surface area contributed by atoms with Crippen LogP contribution < -0.4 is 9.80 Å². The Morgan fingerprint density at radius 3 is 1.64 bits per heavy atom. The number of hydrogen-bond donors (Lipinski definition) is 1. The van der Waals surface area contributed by atoms with Gasteiger partial charge in [-0.25, -0.2) is 43.2 Å². The highest BCUT2D eigenvalue weighted by Crippen LogP contribution is 2.59. The van der Waals surface area contributed by atoms with Crippen molar-refractivity contribution in [3.05, 3.63) is 122 Å². The Bertz CT molecular complexity index is 2710. The molecule has 6 aromatic rings. The highest BCUT2D eigenvalue weighted by Gasteiger charge is 2.54. The predicted molar refractivity (Wildman–Crippen MR) is 243 cm³/mol. The molecule has 0 spiro atoms. The van der Waals surface area contributed by atoms with Crippen molar-refractivity contribution in [1.29, 1.82) is 0 Å². The zero-order valence-electron chi connectivity index (χ0n) is 34.8. The fourth-order valence-corrected chi connectivity index (χ4v) is 11.0. The van der Waals surface area contributed by atoms with Crippen LogP contribution in [0, 0.1) is 0 Å². The molecule has 9 rings (SSSR count). The van der Waals surface area contributed by atoms with Gasteiger partial charge in [-0.3, -0.25) is 37.6 Å². The number of fused-ring (bicyclic) bond motifs is 4. The van der Waals surface area contributed by atoms with Gasteiger partial charge in [-0.15, -0.1) is 13.2 Å². The van der Waals surface area contributed by atoms with E-state index in [1.54, 1.807) is 60.7 Å². The number of hydrogen-bond acceptors (Lipinski definition) is 16. The molecule has 66 heavy (non-hydrogen) atoms. The van der Waals surface area contributed by atoms with Crippen LogP contribution in [0.1, 0.15) is 33.2 Å². The summed E-state index contributed by atoms with van der Waals surface area (Å²) in [4.78, 5) is 56.2. The number of benzene rings is 2. The molecule has 25 heteroatoms. The first-order valence-electron chi connectivity index (χ1n) is 20.2. The van der Waals surface area contributed by atoms with Gasteiger partial charge in [0.1, 0.15) is 37.1 Å². The Labute approximate surface area is 385 Å². The van der Waals surface area contributed by atoms with Gasteiger partial charge >= 0.3 is 6.80 Å². The van der Waals surface area contributed by atoms with E-state index in [0.717, 1.165) is 0 Å². The third kappa shape index (κ3) is 8.88. The van der Waals surface area contributed by atoms with Crippen molar-refractivity contribution >= 4 is 83.1 Å². The molecule has 3 aliphatic rings. The maximum Gasteiger partial charge on any atom is 0.386 e. The Kier molecular flexibility index (Phi) is 13.1. The number of nitrogens with zero attached hydrogens (tertiary/aromatic N) is 10. The second-order valence-electron chi connectivity index (χ2n) is 15.2. The molecular formula is C41H40F2N10O9P2S2. The first-order chi connectivity index (χ1) is 31.8. The Morgan fingerprint density at radius 2 is 1.18 bits per heavy atom. The third-order valence-corrected chi connectivity index (χ3v) is 14.3. The summed E-state index contributed by atoms with van der Waals surface area (Å²) in [5.74, 6) is -0.491. The van der Waals surface area contributed by atoms with E-state index in [1.807, 2.05) is 0 Å². The summed E-state index contributed by atoms with van der Waals surface area (Å²) < 4.78 is 86.2. The number of ether oxygens (including phenoxy) is 2. The van der Waals surface area contributed by atoms with Gasteiger partial charge in [-0.2, -0.15) is 0 Å². The van der Waals surface area contributed by atoms with Crippen LogP contribution in [0.5, 0.6) is 0 Å². The zero-order chi connectivity index (χ0) is 46.3. The number of halogens is 2. The van der Waals surface area contributed by atoms with E-state index in [-0.39, 0.29) is 58.9 Å². The number of aromatic nitrogens is 8. The number of amides is 2. The van der Waals surface area contributed by atoms with Crippen LogP contribution in [0.15, 0.2) is 111 Å². The average molecular weight is 981 g/mol. The molecule has 3 unspecified atom stereocenters. The zero-order valence-corrected chi connectivity index (χ0v) is 38.3. The second-order valence-corrected chi connectivity index (χ2v) is 22.1. The van der Waals surface area contributed by atoms with Crippen molar-refractivity contribution in [2.24, 2.45) is 0 Å². The van der Waals surface area contributed by atoms with Crippen molar-refractivity contribution < 1.29 is 50.5 Å². The monoisotopic (exact) mass is 980 g/mol. The van der Waals surface area contributed by atoms with Crippen molar-refractivity contribution in [2.45, 2.75) is 49.2 Å². The van der Waals surface area contributed by atoms with Gasteiger partial charge in [0.2, 0.25) is 0 Å². The summed E-state index contributed by atoms with van der Waals surface area (Å²) in [6.45, 7) is 0.165. The van der Waals surface area contributed by atoms with Crippen molar-refractivity contribution in [3.8, 4) is 0 Å². The molecule has 0 radical (unpaired) electrons. The maximum absolute atomic E-state index is 16.9. The van der Waals surface area contributed by atoms with Crippen LogP contribution in [0.4, 0.5) is 20.4 Å².